The Hall–Kier alpha value is -1.23. The largest absolute Gasteiger partial charge is 0.501 e. The first-order valence-electron chi connectivity index (χ1n) is 5.91. The van der Waals surface area contributed by atoms with Crippen molar-refractivity contribution in [1.29, 1.82) is 0 Å². The minimum Gasteiger partial charge on any atom is -0.501 e. The SMILES string of the molecule is CC(C)(C)OC(=O)NCC(N)C1=COCCC1. The van der Waals surface area contributed by atoms with E-state index in [9.17, 15) is 4.79 Å². The van der Waals surface area contributed by atoms with Gasteiger partial charge in [-0.25, -0.2) is 4.79 Å². The van der Waals surface area contributed by atoms with Crippen LogP contribution in [0.15, 0.2) is 11.8 Å². The Kier molecular flexibility index (Phi) is 4.81. The first-order valence-corrected chi connectivity index (χ1v) is 5.91. The van der Waals surface area contributed by atoms with Crippen LogP contribution in [-0.4, -0.2) is 30.9 Å². The van der Waals surface area contributed by atoms with Gasteiger partial charge in [0.2, 0.25) is 0 Å². The average Bonchev–Trinajstić information content (AvgIpc) is 2.25. The molecule has 98 valence electrons. The zero-order valence-electron chi connectivity index (χ0n) is 10.8. The quantitative estimate of drug-likeness (QED) is 0.787. The minimum atomic E-state index is -0.485. The van der Waals surface area contributed by atoms with Gasteiger partial charge < -0.3 is 20.5 Å². The molecule has 1 aliphatic rings. The molecule has 1 amide bonds. The van der Waals surface area contributed by atoms with Crippen molar-refractivity contribution >= 4 is 6.09 Å². The molecular formula is C12H22N2O3. The van der Waals surface area contributed by atoms with Gasteiger partial charge in [-0.05, 0) is 39.2 Å². The van der Waals surface area contributed by atoms with E-state index in [2.05, 4.69) is 5.32 Å². The van der Waals surface area contributed by atoms with Crippen LogP contribution in [0.4, 0.5) is 4.79 Å². The first-order chi connectivity index (χ1) is 7.88. The second-order valence-electron chi connectivity index (χ2n) is 5.16. The summed E-state index contributed by atoms with van der Waals surface area (Å²) in [4.78, 5) is 11.4. The van der Waals surface area contributed by atoms with E-state index < -0.39 is 11.7 Å². The average molecular weight is 242 g/mol. The van der Waals surface area contributed by atoms with Gasteiger partial charge in [-0.1, -0.05) is 0 Å². The topological polar surface area (TPSA) is 73.6 Å². The van der Waals surface area contributed by atoms with Crippen molar-refractivity contribution in [2.45, 2.75) is 45.3 Å². The summed E-state index contributed by atoms with van der Waals surface area (Å²) in [6, 6.07) is -0.206. The Morgan fingerprint density at radius 2 is 2.35 bits per heavy atom. The second-order valence-corrected chi connectivity index (χ2v) is 5.16. The smallest absolute Gasteiger partial charge is 0.407 e. The molecule has 0 bridgehead atoms. The first kappa shape index (κ1) is 13.8. The fourth-order valence-electron chi connectivity index (χ4n) is 1.50. The molecule has 17 heavy (non-hydrogen) atoms. The molecule has 5 nitrogen and oxygen atoms in total. The summed E-state index contributed by atoms with van der Waals surface area (Å²) in [7, 11) is 0. The monoisotopic (exact) mass is 242 g/mol. The van der Waals surface area contributed by atoms with E-state index in [4.69, 9.17) is 15.2 Å². The number of ether oxygens (including phenoxy) is 2. The van der Waals surface area contributed by atoms with Crippen LogP contribution in [0, 0.1) is 0 Å². The number of hydrogen-bond acceptors (Lipinski definition) is 4. The number of alkyl carbamates (subject to hydrolysis) is 1. The highest BCUT2D eigenvalue weighted by Crippen LogP contribution is 2.14. The molecule has 0 aromatic heterocycles. The van der Waals surface area contributed by atoms with E-state index in [0.29, 0.717) is 6.54 Å². The van der Waals surface area contributed by atoms with Crippen molar-refractivity contribution in [2.24, 2.45) is 5.73 Å². The Bertz CT molecular complexity index is 295. The zero-order valence-corrected chi connectivity index (χ0v) is 10.8. The highest BCUT2D eigenvalue weighted by Gasteiger charge is 2.18. The van der Waals surface area contributed by atoms with Gasteiger partial charge in [0, 0.05) is 12.6 Å². The maximum Gasteiger partial charge on any atom is 0.407 e. The number of nitrogens with two attached hydrogens (primary N) is 1. The summed E-state index contributed by atoms with van der Waals surface area (Å²) in [6.45, 7) is 6.58. The Morgan fingerprint density at radius 1 is 1.65 bits per heavy atom. The maximum absolute atomic E-state index is 11.4. The Morgan fingerprint density at radius 3 is 2.88 bits per heavy atom. The summed E-state index contributed by atoms with van der Waals surface area (Å²) >= 11 is 0. The van der Waals surface area contributed by atoms with E-state index in [1.807, 2.05) is 20.8 Å². The summed E-state index contributed by atoms with van der Waals surface area (Å²) < 4.78 is 10.3. The minimum absolute atomic E-state index is 0.206. The number of rotatable bonds is 3. The molecule has 1 unspecified atom stereocenters. The van der Waals surface area contributed by atoms with E-state index in [-0.39, 0.29) is 6.04 Å². The van der Waals surface area contributed by atoms with Crippen LogP contribution in [0.3, 0.4) is 0 Å². The fraction of sp³-hybridized carbons (Fsp3) is 0.750. The predicted octanol–water partition coefficient (Wildman–Crippen LogP) is 1.53. The number of hydrogen-bond donors (Lipinski definition) is 2. The highest BCUT2D eigenvalue weighted by molar-refractivity contribution is 5.67. The summed E-state index contributed by atoms with van der Waals surface area (Å²) in [5.41, 5.74) is 6.49. The van der Waals surface area contributed by atoms with Crippen LogP contribution >= 0.6 is 0 Å². The van der Waals surface area contributed by atoms with Crippen molar-refractivity contribution in [3.05, 3.63) is 11.8 Å². The molecule has 0 saturated carbocycles. The molecule has 1 heterocycles. The van der Waals surface area contributed by atoms with Crippen molar-refractivity contribution in [2.75, 3.05) is 13.2 Å². The van der Waals surface area contributed by atoms with Gasteiger partial charge in [0.05, 0.1) is 12.9 Å². The van der Waals surface area contributed by atoms with Gasteiger partial charge in [0.25, 0.3) is 0 Å². The third-order valence-corrected chi connectivity index (χ3v) is 2.30. The van der Waals surface area contributed by atoms with Crippen LogP contribution in [0.1, 0.15) is 33.6 Å². The molecule has 0 aromatic carbocycles. The summed E-state index contributed by atoms with van der Waals surface area (Å²) in [5.74, 6) is 0. The van der Waals surface area contributed by atoms with Crippen LogP contribution in [0.5, 0.6) is 0 Å². The molecule has 0 aliphatic carbocycles. The number of carbonyl (C=O) groups is 1. The number of nitrogens with one attached hydrogen (secondary N) is 1. The lowest BCUT2D eigenvalue weighted by Gasteiger charge is -2.22. The lowest BCUT2D eigenvalue weighted by molar-refractivity contribution is 0.0525. The molecule has 0 saturated heterocycles. The van der Waals surface area contributed by atoms with Crippen molar-refractivity contribution in [3.63, 3.8) is 0 Å². The van der Waals surface area contributed by atoms with Crippen LogP contribution < -0.4 is 11.1 Å². The molecule has 1 atom stereocenters. The number of amides is 1. The number of carbonyl (C=O) groups excluding carboxylic acids is 1. The standard InChI is InChI=1S/C12H22N2O3/c1-12(2,3)17-11(15)14-7-10(13)9-5-4-6-16-8-9/h8,10H,4-7,13H2,1-3H3,(H,14,15). The van der Waals surface area contributed by atoms with E-state index in [0.717, 1.165) is 25.0 Å². The lowest BCUT2D eigenvalue weighted by atomic mass is 10.0. The van der Waals surface area contributed by atoms with Gasteiger partial charge in [-0.2, -0.15) is 0 Å². The zero-order chi connectivity index (χ0) is 12.9. The van der Waals surface area contributed by atoms with Gasteiger partial charge in [0.1, 0.15) is 5.60 Å². The van der Waals surface area contributed by atoms with Crippen molar-refractivity contribution in [1.82, 2.24) is 5.32 Å². The normalized spacial score (nSPS) is 17.8. The van der Waals surface area contributed by atoms with E-state index in [1.165, 1.54) is 0 Å². The van der Waals surface area contributed by atoms with E-state index in [1.54, 1.807) is 6.26 Å². The van der Waals surface area contributed by atoms with Crippen LogP contribution in [0.25, 0.3) is 0 Å². The van der Waals surface area contributed by atoms with Gasteiger partial charge in [-0.3, -0.25) is 0 Å². The molecule has 5 heteroatoms. The van der Waals surface area contributed by atoms with Crippen LogP contribution in [-0.2, 0) is 9.47 Å². The molecular weight excluding hydrogens is 220 g/mol. The summed E-state index contributed by atoms with van der Waals surface area (Å²) in [5, 5.41) is 2.65. The molecule has 1 rings (SSSR count). The molecule has 0 aromatic rings. The van der Waals surface area contributed by atoms with E-state index >= 15 is 0 Å². The van der Waals surface area contributed by atoms with Crippen molar-refractivity contribution < 1.29 is 14.3 Å². The second kappa shape index (κ2) is 5.91. The Balaban J connectivity index is 2.30. The van der Waals surface area contributed by atoms with Crippen molar-refractivity contribution in [3.8, 4) is 0 Å². The lowest BCUT2D eigenvalue weighted by Crippen LogP contribution is -2.41. The fourth-order valence-corrected chi connectivity index (χ4v) is 1.50. The van der Waals surface area contributed by atoms with Gasteiger partial charge in [0.15, 0.2) is 0 Å². The predicted molar refractivity (Wildman–Crippen MR) is 65.5 cm³/mol. The van der Waals surface area contributed by atoms with Crippen LogP contribution in [0.2, 0.25) is 0 Å². The van der Waals surface area contributed by atoms with Gasteiger partial charge >= 0.3 is 6.09 Å². The third kappa shape index (κ3) is 5.58. The molecule has 1 aliphatic heterocycles. The molecule has 0 fully saturated rings. The highest BCUT2D eigenvalue weighted by atomic mass is 16.6. The summed E-state index contributed by atoms with van der Waals surface area (Å²) in [6.07, 6.45) is 3.17. The Labute approximate surface area is 102 Å². The molecule has 0 radical (unpaired) electrons. The third-order valence-electron chi connectivity index (χ3n) is 2.30. The molecule has 3 N–H and O–H groups in total. The maximum atomic E-state index is 11.4. The molecule has 0 spiro atoms. The van der Waals surface area contributed by atoms with Gasteiger partial charge in [-0.15, -0.1) is 0 Å².